The van der Waals surface area contributed by atoms with Gasteiger partial charge in [0, 0.05) is 26.3 Å². The summed E-state index contributed by atoms with van der Waals surface area (Å²) < 4.78 is 10.6. The van der Waals surface area contributed by atoms with Gasteiger partial charge in [0.15, 0.2) is 0 Å². The number of hydrogen-bond acceptors (Lipinski definition) is 5. The summed E-state index contributed by atoms with van der Waals surface area (Å²) in [5.41, 5.74) is -1.07. The average molecular weight is 295 g/mol. The van der Waals surface area contributed by atoms with Crippen LogP contribution in [0.15, 0.2) is 0 Å². The van der Waals surface area contributed by atoms with Gasteiger partial charge in [0.1, 0.15) is 11.5 Å². The molecule has 2 amide bonds. The summed E-state index contributed by atoms with van der Waals surface area (Å²) in [4.78, 5) is 26.4. The van der Waals surface area contributed by atoms with E-state index in [-0.39, 0.29) is 18.4 Å². The Hall–Kier alpha value is -1.65. The maximum Gasteiger partial charge on any atom is 0.245 e. The maximum absolute atomic E-state index is 12.8. The Morgan fingerprint density at radius 1 is 1.33 bits per heavy atom. The smallest absolute Gasteiger partial charge is 0.245 e. The Balaban J connectivity index is 2.18. The molecule has 2 aliphatic heterocycles. The molecular weight excluding hydrogens is 274 g/mol. The third-order valence-corrected chi connectivity index (χ3v) is 4.01. The highest BCUT2D eigenvalue weighted by atomic mass is 16.5. The molecule has 1 atom stereocenters. The minimum Gasteiger partial charge on any atom is -0.381 e. The molecule has 0 aliphatic carbocycles. The number of rotatable bonds is 3. The highest BCUT2D eigenvalue weighted by Gasteiger charge is 2.46. The monoisotopic (exact) mass is 295 g/mol. The molecule has 7 nitrogen and oxygen atoms in total. The zero-order chi connectivity index (χ0) is 15.3. The maximum atomic E-state index is 12.8. The molecule has 1 N–H and O–H groups in total. The largest absolute Gasteiger partial charge is 0.381 e. The predicted molar refractivity (Wildman–Crippen MR) is 73.1 cm³/mol. The lowest BCUT2D eigenvalue weighted by Crippen LogP contribution is -2.59. The third kappa shape index (κ3) is 3.17. The van der Waals surface area contributed by atoms with Crippen molar-refractivity contribution in [3.63, 3.8) is 0 Å². The van der Waals surface area contributed by atoms with Gasteiger partial charge in [0.2, 0.25) is 11.8 Å². The quantitative estimate of drug-likeness (QED) is 0.770. The number of hydrogen-bond donors (Lipinski definition) is 1. The van der Waals surface area contributed by atoms with Gasteiger partial charge >= 0.3 is 0 Å². The highest BCUT2D eigenvalue weighted by Crippen LogP contribution is 2.33. The number of morpholine rings is 1. The first-order valence-electron chi connectivity index (χ1n) is 7.30. The molecule has 2 saturated heterocycles. The van der Waals surface area contributed by atoms with Crippen LogP contribution in [0.3, 0.4) is 0 Å². The topological polar surface area (TPSA) is 91.7 Å². The molecule has 0 spiro atoms. The SMILES string of the molecule is CCNC(=O)C1COCCN1C(=O)C1(C#N)CCOCC1. The van der Waals surface area contributed by atoms with Crippen LogP contribution in [0.5, 0.6) is 0 Å². The number of likely N-dealkylation sites (N-methyl/N-ethyl adjacent to an activating group) is 1. The molecule has 0 radical (unpaired) electrons. The van der Waals surface area contributed by atoms with Gasteiger partial charge < -0.3 is 19.7 Å². The van der Waals surface area contributed by atoms with Crippen LogP contribution in [0, 0.1) is 16.7 Å². The normalized spacial score (nSPS) is 25.0. The summed E-state index contributed by atoms with van der Waals surface area (Å²) in [6, 6.07) is 1.51. The Morgan fingerprint density at radius 3 is 2.67 bits per heavy atom. The van der Waals surface area contributed by atoms with E-state index in [1.54, 1.807) is 0 Å². The Kier molecular flexibility index (Phi) is 5.15. The molecule has 7 heteroatoms. The zero-order valence-electron chi connectivity index (χ0n) is 12.3. The molecule has 21 heavy (non-hydrogen) atoms. The second-order valence-electron chi connectivity index (χ2n) is 5.29. The van der Waals surface area contributed by atoms with Crippen LogP contribution in [0.25, 0.3) is 0 Å². The molecule has 0 aromatic rings. The lowest BCUT2D eigenvalue weighted by Gasteiger charge is -2.40. The highest BCUT2D eigenvalue weighted by molar-refractivity contribution is 5.92. The molecule has 2 heterocycles. The molecule has 2 aliphatic rings. The van der Waals surface area contributed by atoms with Gasteiger partial charge in [-0.15, -0.1) is 0 Å². The van der Waals surface area contributed by atoms with Crippen molar-refractivity contribution in [3.8, 4) is 6.07 Å². The van der Waals surface area contributed by atoms with Crippen molar-refractivity contribution in [2.24, 2.45) is 5.41 Å². The number of ether oxygens (including phenoxy) is 2. The van der Waals surface area contributed by atoms with E-state index in [4.69, 9.17) is 9.47 Å². The van der Waals surface area contributed by atoms with Crippen LogP contribution in [0.4, 0.5) is 0 Å². The minimum atomic E-state index is -1.07. The summed E-state index contributed by atoms with van der Waals surface area (Å²) >= 11 is 0. The van der Waals surface area contributed by atoms with Crippen molar-refractivity contribution in [2.75, 3.05) is 39.5 Å². The van der Waals surface area contributed by atoms with E-state index in [9.17, 15) is 14.9 Å². The summed E-state index contributed by atoms with van der Waals surface area (Å²) in [6.45, 7) is 4.02. The van der Waals surface area contributed by atoms with Crippen molar-refractivity contribution in [3.05, 3.63) is 0 Å². The van der Waals surface area contributed by atoms with Crippen LogP contribution < -0.4 is 5.32 Å². The molecule has 0 saturated carbocycles. The van der Waals surface area contributed by atoms with Crippen molar-refractivity contribution in [1.29, 1.82) is 5.26 Å². The summed E-state index contributed by atoms with van der Waals surface area (Å²) in [5.74, 6) is -0.501. The fourth-order valence-corrected chi connectivity index (χ4v) is 2.72. The first-order chi connectivity index (χ1) is 10.1. The number of carbonyl (C=O) groups is 2. The van der Waals surface area contributed by atoms with E-state index >= 15 is 0 Å². The van der Waals surface area contributed by atoms with Gasteiger partial charge in [-0.1, -0.05) is 0 Å². The van der Waals surface area contributed by atoms with E-state index in [2.05, 4.69) is 11.4 Å². The average Bonchev–Trinajstić information content (AvgIpc) is 2.55. The number of nitriles is 1. The van der Waals surface area contributed by atoms with E-state index < -0.39 is 11.5 Å². The van der Waals surface area contributed by atoms with E-state index in [0.29, 0.717) is 45.8 Å². The molecule has 0 bridgehead atoms. The van der Waals surface area contributed by atoms with E-state index in [1.165, 1.54) is 4.90 Å². The standard InChI is InChI=1S/C14H21N3O4/c1-2-16-12(18)11-9-21-8-5-17(11)13(19)14(10-15)3-6-20-7-4-14/h11H,2-9H2,1H3,(H,16,18). The molecule has 0 aromatic carbocycles. The van der Waals surface area contributed by atoms with Crippen molar-refractivity contribution in [1.82, 2.24) is 10.2 Å². The lowest BCUT2D eigenvalue weighted by molar-refractivity contribution is -0.157. The first-order valence-corrected chi connectivity index (χ1v) is 7.30. The summed E-state index contributed by atoms with van der Waals surface area (Å²) in [7, 11) is 0. The van der Waals surface area contributed by atoms with Crippen LogP contribution in [0.2, 0.25) is 0 Å². The summed E-state index contributed by atoms with van der Waals surface area (Å²) in [6.07, 6.45) is 0.754. The summed E-state index contributed by atoms with van der Waals surface area (Å²) in [5, 5.41) is 12.2. The Labute approximate surface area is 124 Å². The second kappa shape index (κ2) is 6.87. The molecule has 2 fully saturated rings. The van der Waals surface area contributed by atoms with Gasteiger partial charge in [-0.05, 0) is 19.8 Å². The molecular formula is C14H21N3O4. The number of amides is 2. The van der Waals surface area contributed by atoms with Gasteiger partial charge in [-0.3, -0.25) is 9.59 Å². The van der Waals surface area contributed by atoms with Crippen LogP contribution in [-0.2, 0) is 19.1 Å². The Bertz CT molecular complexity index is 440. The zero-order valence-corrected chi connectivity index (χ0v) is 12.3. The molecule has 2 rings (SSSR count). The number of nitrogens with one attached hydrogen (secondary N) is 1. The van der Waals surface area contributed by atoms with Crippen molar-refractivity contribution >= 4 is 11.8 Å². The predicted octanol–water partition coefficient (Wildman–Crippen LogP) is -0.330. The van der Waals surface area contributed by atoms with Crippen LogP contribution in [0.1, 0.15) is 19.8 Å². The fraction of sp³-hybridized carbons (Fsp3) is 0.786. The number of carbonyl (C=O) groups excluding carboxylic acids is 2. The van der Waals surface area contributed by atoms with Gasteiger partial charge in [0.25, 0.3) is 0 Å². The van der Waals surface area contributed by atoms with Crippen molar-refractivity contribution < 1.29 is 19.1 Å². The van der Waals surface area contributed by atoms with Gasteiger partial charge in [-0.25, -0.2) is 0 Å². The molecule has 116 valence electrons. The lowest BCUT2D eigenvalue weighted by atomic mass is 9.80. The van der Waals surface area contributed by atoms with Gasteiger partial charge in [0.05, 0.1) is 19.3 Å². The fourth-order valence-electron chi connectivity index (χ4n) is 2.72. The Morgan fingerprint density at radius 2 is 2.05 bits per heavy atom. The van der Waals surface area contributed by atoms with Crippen molar-refractivity contribution in [2.45, 2.75) is 25.8 Å². The van der Waals surface area contributed by atoms with E-state index in [0.717, 1.165) is 0 Å². The van der Waals surface area contributed by atoms with Crippen LogP contribution >= 0.6 is 0 Å². The molecule has 0 aromatic heterocycles. The van der Waals surface area contributed by atoms with Crippen LogP contribution in [-0.4, -0.2) is 62.3 Å². The third-order valence-electron chi connectivity index (χ3n) is 4.01. The van der Waals surface area contributed by atoms with Gasteiger partial charge in [-0.2, -0.15) is 5.26 Å². The first kappa shape index (κ1) is 15.7. The second-order valence-corrected chi connectivity index (χ2v) is 5.29. The minimum absolute atomic E-state index is 0.176. The number of nitrogens with zero attached hydrogens (tertiary/aromatic N) is 2. The molecule has 1 unspecified atom stereocenters. The van der Waals surface area contributed by atoms with E-state index in [1.807, 2.05) is 6.92 Å².